The maximum atomic E-state index is 11.5. The fraction of sp³-hybridized carbons (Fsp3) is 0.900. The molecule has 0 heterocycles. The van der Waals surface area contributed by atoms with Gasteiger partial charge in [-0.25, -0.2) is 4.79 Å². The average molecular weight is 201 g/mol. The summed E-state index contributed by atoms with van der Waals surface area (Å²) < 4.78 is 0. The molecule has 0 aliphatic carbocycles. The second-order valence-electron chi connectivity index (χ2n) is 3.62. The van der Waals surface area contributed by atoms with Crippen molar-refractivity contribution in [2.45, 2.75) is 39.2 Å². The fourth-order valence-electron chi connectivity index (χ4n) is 1.13. The Morgan fingerprint density at radius 3 is 2.71 bits per heavy atom. The van der Waals surface area contributed by atoms with Crippen LogP contribution in [0, 0.1) is 0 Å². The first-order valence-electron chi connectivity index (χ1n) is 5.34. The lowest BCUT2D eigenvalue weighted by atomic mass is 10.2. The standard InChI is InChI=1S/C10H23N3O/c1-4-5-8-12-10(14)13(3)9(2)6-7-11/h9H,4-8,11H2,1-3H3,(H,12,14). The minimum atomic E-state index is -0.000556. The Balaban J connectivity index is 3.74. The first-order chi connectivity index (χ1) is 6.63. The van der Waals surface area contributed by atoms with E-state index in [1.54, 1.807) is 4.90 Å². The summed E-state index contributed by atoms with van der Waals surface area (Å²) in [5.41, 5.74) is 5.43. The molecule has 0 bridgehead atoms. The van der Waals surface area contributed by atoms with Gasteiger partial charge in [-0.05, 0) is 26.3 Å². The fourth-order valence-corrected chi connectivity index (χ4v) is 1.13. The Bertz CT molecular complexity index is 161. The Hall–Kier alpha value is -0.770. The molecule has 0 fully saturated rings. The van der Waals surface area contributed by atoms with Crippen LogP contribution in [0.4, 0.5) is 4.79 Å². The van der Waals surface area contributed by atoms with Crippen molar-refractivity contribution in [3.63, 3.8) is 0 Å². The van der Waals surface area contributed by atoms with Gasteiger partial charge in [0.1, 0.15) is 0 Å². The Morgan fingerprint density at radius 2 is 2.21 bits per heavy atom. The lowest BCUT2D eigenvalue weighted by Crippen LogP contribution is -2.43. The van der Waals surface area contributed by atoms with Crippen molar-refractivity contribution < 1.29 is 4.79 Å². The molecular weight excluding hydrogens is 178 g/mol. The molecule has 1 atom stereocenters. The normalized spacial score (nSPS) is 12.3. The van der Waals surface area contributed by atoms with Crippen LogP contribution in [0.2, 0.25) is 0 Å². The number of carbonyl (C=O) groups excluding carboxylic acids is 1. The van der Waals surface area contributed by atoms with Crippen LogP contribution < -0.4 is 11.1 Å². The molecule has 1 unspecified atom stereocenters. The predicted molar refractivity (Wildman–Crippen MR) is 59.2 cm³/mol. The molecule has 14 heavy (non-hydrogen) atoms. The van der Waals surface area contributed by atoms with Crippen molar-refractivity contribution in [3.8, 4) is 0 Å². The molecule has 0 aliphatic heterocycles. The molecular formula is C10H23N3O. The molecule has 0 rings (SSSR count). The van der Waals surface area contributed by atoms with Crippen molar-refractivity contribution in [2.75, 3.05) is 20.1 Å². The summed E-state index contributed by atoms with van der Waals surface area (Å²) in [5.74, 6) is 0. The maximum absolute atomic E-state index is 11.5. The van der Waals surface area contributed by atoms with Crippen molar-refractivity contribution in [2.24, 2.45) is 5.73 Å². The summed E-state index contributed by atoms with van der Waals surface area (Å²) >= 11 is 0. The highest BCUT2D eigenvalue weighted by molar-refractivity contribution is 5.74. The number of unbranched alkanes of at least 4 members (excludes halogenated alkanes) is 1. The van der Waals surface area contributed by atoms with E-state index >= 15 is 0 Å². The number of hydrogen-bond acceptors (Lipinski definition) is 2. The van der Waals surface area contributed by atoms with Crippen LogP contribution >= 0.6 is 0 Å². The van der Waals surface area contributed by atoms with Crippen molar-refractivity contribution in [1.82, 2.24) is 10.2 Å². The lowest BCUT2D eigenvalue weighted by Gasteiger charge is -2.24. The zero-order valence-electron chi connectivity index (χ0n) is 9.55. The first kappa shape index (κ1) is 13.2. The van der Waals surface area contributed by atoms with E-state index < -0.39 is 0 Å². The van der Waals surface area contributed by atoms with Crippen LogP contribution in [0.3, 0.4) is 0 Å². The van der Waals surface area contributed by atoms with E-state index in [1.165, 1.54) is 0 Å². The maximum Gasteiger partial charge on any atom is 0.317 e. The molecule has 0 aromatic carbocycles. The minimum Gasteiger partial charge on any atom is -0.338 e. The molecule has 0 aromatic rings. The van der Waals surface area contributed by atoms with Crippen LogP contribution in [-0.2, 0) is 0 Å². The number of amides is 2. The van der Waals surface area contributed by atoms with Gasteiger partial charge in [0.15, 0.2) is 0 Å². The SMILES string of the molecule is CCCCNC(=O)N(C)C(C)CCN. The number of nitrogens with one attached hydrogen (secondary N) is 1. The summed E-state index contributed by atoms with van der Waals surface area (Å²) in [4.78, 5) is 13.2. The van der Waals surface area contributed by atoms with Gasteiger partial charge in [0.2, 0.25) is 0 Å². The van der Waals surface area contributed by atoms with Gasteiger partial charge in [0, 0.05) is 19.6 Å². The van der Waals surface area contributed by atoms with E-state index in [1.807, 2.05) is 14.0 Å². The highest BCUT2D eigenvalue weighted by atomic mass is 16.2. The molecule has 0 radical (unpaired) electrons. The van der Waals surface area contributed by atoms with E-state index in [4.69, 9.17) is 5.73 Å². The summed E-state index contributed by atoms with van der Waals surface area (Å²) in [6.07, 6.45) is 2.98. The van der Waals surface area contributed by atoms with E-state index in [0.29, 0.717) is 6.54 Å². The number of nitrogens with zero attached hydrogens (tertiary/aromatic N) is 1. The molecule has 0 aliphatic rings. The van der Waals surface area contributed by atoms with Gasteiger partial charge in [-0.1, -0.05) is 13.3 Å². The second-order valence-corrected chi connectivity index (χ2v) is 3.62. The van der Waals surface area contributed by atoms with Crippen LogP contribution in [0.15, 0.2) is 0 Å². The summed E-state index contributed by atoms with van der Waals surface area (Å²) in [5, 5.41) is 2.87. The summed E-state index contributed by atoms with van der Waals surface area (Å²) in [7, 11) is 1.81. The van der Waals surface area contributed by atoms with Gasteiger partial charge in [-0.15, -0.1) is 0 Å². The molecule has 4 nitrogen and oxygen atoms in total. The largest absolute Gasteiger partial charge is 0.338 e. The summed E-state index contributed by atoms with van der Waals surface area (Å²) in [6, 6.07) is 0.209. The second kappa shape index (κ2) is 7.62. The van der Waals surface area contributed by atoms with Gasteiger partial charge in [0.05, 0.1) is 0 Å². The van der Waals surface area contributed by atoms with E-state index in [-0.39, 0.29) is 12.1 Å². The number of urea groups is 1. The predicted octanol–water partition coefficient (Wildman–Crippen LogP) is 1.17. The minimum absolute atomic E-state index is 0.000556. The highest BCUT2D eigenvalue weighted by Crippen LogP contribution is 1.99. The van der Waals surface area contributed by atoms with Crippen LogP contribution in [0.5, 0.6) is 0 Å². The Labute approximate surface area is 86.8 Å². The zero-order chi connectivity index (χ0) is 11.0. The molecule has 0 aromatic heterocycles. The van der Waals surface area contributed by atoms with Crippen LogP contribution in [0.1, 0.15) is 33.1 Å². The third kappa shape index (κ3) is 5.07. The molecule has 4 heteroatoms. The Kier molecular flexibility index (Phi) is 7.20. The molecule has 2 amide bonds. The van der Waals surface area contributed by atoms with Crippen LogP contribution in [-0.4, -0.2) is 37.1 Å². The van der Waals surface area contributed by atoms with Gasteiger partial charge in [0.25, 0.3) is 0 Å². The Morgan fingerprint density at radius 1 is 1.57 bits per heavy atom. The average Bonchev–Trinajstić information content (AvgIpc) is 2.17. The van der Waals surface area contributed by atoms with Gasteiger partial charge >= 0.3 is 6.03 Å². The van der Waals surface area contributed by atoms with Crippen molar-refractivity contribution >= 4 is 6.03 Å². The zero-order valence-corrected chi connectivity index (χ0v) is 9.55. The monoisotopic (exact) mass is 201 g/mol. The lowest BCUT2D eigenvalue weighted by molar-refractivity contribution is 0.192. The molecule has 0 saturated heterocycles. The third-order valence-electron chi connectivity index (χ3n) is 2.37. The third-order valence-corrected chi connectivity index (χ3v) is 2.37. The van der Waals surface area contributed by atoms with Crippen molar-refractivity contribution in [1.29, 1.82) is 0 Å². The quantitative estimate of drug-likeness (QED) is 0.634. The van der Waals surface area contributed by atoms with Gasteiger partial charge in [-0.3, -0.25) is 0 Å². The smallest absolute Gasteiger partial charge is 0.317 e. The molecule has 84 valence electrons. The number of hydrogen-bond donors (Lipinski definition) is 2. The van der Waals surface area contributed by atoms with Gasteiger partial charge in [-0.2, -0.15) is 0 Å². The number of rotatable bonds is 6. The summed E-state index contributed by atoms with van der Waals surface area (Å²) in [6.45, 7) is 5.49. The van der Waals surface area contributed by atoms with E-state index in [0.717, 1.165) is 25.8 Å². The molecule has 0 saturated carbocycles. The van der Waals surface area contributed by atoms with Crippen molar-refractivity contribution in [3.05, 3.63) is 0 Å². The van der Waals surface area contributed by atoms with Crippen LogP contribution in [0.25, 0.3) is 0 Å². The number of carbonyl (C=O) groups is 1. The van der Waals surface area contributed by atoms with Gasteiger partial charge < -0.3 is 16.0 Å². The number of nitrogens with two attached hydrogens (primary N) is 1. The van der Waals surface area contributed by atoms with E-state index in [9.17, 15) is 4.79 Å². The first-order valence-corrected chi connectivity index (χ1v) is 5.34. The highest BCUT2D eigenvalue weighted by Gasteiger charge is 2.13. The molecule has 3 N–H and O–H groups in total. The van der Waals surface area contributed by atoms with E-state index in [2.05, 4.69) is 12.2 Å². The topological polar surface area (TPSA) is 58.4 Å². The molecule has 0 spiro atoms.